The molecule has 0 amide bonds. The first kappa shape index (κ1) is 14.8. The van der Waals surface area contributed by atoms with E-state index in [0.717, 1.165) is 36.7 Å². The van der Waals surface area contributed by atoms with Gasteiger partial charge in [0, 0.05) is 10.9 Å². The molecule has 2 aromatic heterocycles. The van der Waals surface area contributed by atoms with E-state index in [1.165, 1.54) is 21.7 Å². The second kappa shape index (κ2) is 6.35. The van der Waals surface area contributed by atoms with Crippen LogP contribution in [0.15, 0.2) is 29.6 Å². The Balaban J connectivity index is 2.13. The van der Waals surface area contributed by atoms with E-state index in [1.807, 2.05) is 18.2 Å². The molecule has 3 N–H and O–H groups in total. The third-order valence-electron chi connectivity index (χ3n) is 3.89. The smallest absolute Gasteiger partial charge is 0.0991 e. The number of nitrogens with two attached hydrogens (primary N) is 1. The lowest BCUT2D eigenvalue weighted by molar-refractivity contribution is 0.748. The van der Waals surface area contributed by atoms with Crippen molar-refractivity contribution in [2.24, 2.45) is 5.73 Å². The molecule has 0 unspecified atom stereocenters. The number of nitrogens with one attached hydrogen (secondary N) is 1. The molecule has 4 heteroatoms. The molecule has 2 heterocycles. The van der Waals surface area contributed by atoms with Crippen molar-refractivity contribution in [3.8, 4) is 16.6 Å². The van der Waals surface area contributed by atoms with Gasteiger partial charge in [-0.15, -0.1) is 11.3 Å². The van der Waals surface area contributed by atoms with Crippen LogP contribution in [0.2, 0.25) is 0 Å². The molecule has 0 saturated carbocycles. The molecule has 0 spiro atoms. The Bertz CT molecular complexity index is 836. The standard InChI is InChI=1S/C18H19N3S/c1-12-8-17(22-11-12)18-14(4-2-3-7-19)15-9-13(10-20)5-6-16(15)21-18/h5-6,8-9,11,21H,2-4,7,19H2,1H3. The molecule has 0 aliphatic rings. The highest BCUT2D eigenvalue weighted by Crippen LogP contribution is 2.35. The third-order valence-corrected chi connectivity index (χ3v) is 4.96. The largest absolute Gasteiger partial charge is 0.354 e. The van der Waals surface area contributed by atoms with E-state index in [1.54, 1.807) is 11.3 Å². The van der Waals surface area contributed by atoms with E-state index in [4.69, 9.17) is 11.0 Å². The Morgan fingerprint density at radius 3 is 2.82 bits per heavy atom. The zero-order chi connectivity index (χ0) is 15.5. The lowest BCUT2D eigenvalue weighted by Crippen LogP contribution is -1.99. The highest BCUT2D eigenvalue weighted by molar-refractivity contribution is 7.13. The average Bonchev–Trinajstić information content (AvgIpc) is 3.11. The van der Waals surface area contributed by atoms with Crippen LogP contribution >= 0.6 is 11.3 Å². The van der Waals surface area contributed by atoms with Crippen molar-refractivity contribution in [3.63, 3.8) is 0 Å². The van der Waals surface area contributed by atoms with Gasteiger partial charge in [-0.05, 0) is 73.5 Å². The Hall–Kier alpha value is -2.09. The molecule has 0 atom stereocenters. The number of H-pyrrole nitrogens is 1. The van der Waals surface area contributed by atoms with Gasteiger partial charge >= 0.3 is 0 Å². The molecule has 0 fully saturated rings. The number of aromatic amines is 1. The molecule has 3 rings (SSSR count). The highest BCUT2D eigenvalue weighted by atomic mass is 32.1. The zero-order valence-corrected chi connectivity index (χ0v) is 13.5. The second-order valence-corrected chi connectivity index (χ2v) is 6.50. The quantitative estimate of drug-likeness (QED) is 0.688. The molecular weight excluding hydrogens is 290 g/mol. The third kappa shape index (κ3) is 2.78. The molecule has 3 aromatic rings. The number of fused-ring (bicyclic) bond motifs is 1. The van der Waals surface area contributed by atoms with Crippen LogP contribution in [0.1, 0.15) is 29.5 Å². The number of nitrogens with zero attached hydrogens (tertiary/aromatic N) is 1. The number of aromatic nitrogens is 1. The molecule has 0 aliphatic heterocycles. The van der Waals surface area contributed by atoms with Gasteiger partial charge in [0.25, 0.3) is 0 Å². The maximum absolute atomic E-state index is 9.15. The van der Waals surface area contributed by atoms with Crippen LogP contribution in [0.25, 0.3) is 21.5 Å². The maximum atomic E-state index is 9.15. The Morgan fingerprint density at radius 2 is 2.14 bits per heavy atom. The van der Waals surface area contributed by atoms with Gasteiger partial charge in [0.05, 0.1) is 22.2 Å². The van der Waals surface area contributed by atoms with Crippen molar-refractivity contribution < 1.29 is 0 Å². The van der Waals surface area contributed by atoms with Crippen LogP contribution in [0.3, 0.4) is 0 Å². The second-order valence-electron chi connectivity index (χ2n) is 5.58. The van der Waals surface area contributed by atoms with Gasteiger partial charge in [-0.2, -0.15) is 5.26 Å². The van der Waals surface area contributed by atoms with Gasteiger partial charge in [0.1, 0.15) is 0 Å². The van der Waals surface area contributed by atoms with E-state index in [2.05, 4.69) is 29.4 Å². The number of unbranched alkanes of at least 4 members (excludes halogenated alkanes) is 1. The van der Waals surface area contributed by atoms with Gasteiger partial charge in [-0.3, -0.25) is 0 Å². The van der Waals surface area contributed by atoms with Crippen LogP contribution in [0.4, 0.5) is 0 Å². The minimum Gasteiger partial charge on any atom is -0.354 e. The van der Waals surface area contributed by atoms with Crippen LogP contribution in [-0.4, -0.2) is 11.5 Å². The van der Waals surface area contributed by atoms with Crippen molar-refractivity contribution >= 4 is 22.2 Å². The monoisotopic (exact) mass is 309 g/mol. The predicted molar refractivity (Wildman–Crippen MR) is 93.1 cm³/mol. The average molecular weight is 309 g/mol. The summed E-state index contributed by atoms with van der Waals surface area (Å²) in [5.41, 5.74) is 11.2. The van der Waals surface area contributed by atoms with E-state index >= 15 is 0 Å². The lowest BCUT2D eigenvalue weighted by atomic mass is 10.0. The molecule has 22 heavy (non-hydrogen) atoms. The predicted octanol–water partition coefficient (Wildman–Crippen LogP) is 4.36. The minimum absolute atomic E-state index is 0.709. The Kier molecular flexibility index (Phi) is 4.28. The SMILES string of the molecule is Cc1csc(-c2[nH]c3ccc(C#N)cc3c2CCCCN)c1. The number of nitriles is 1. The Labute approximate surface area is 134 Å². The molecule has 3 nitrogen and oxygen atoms in total. The number of thiophene rings is 1. The fraction of sp³-hybridized carbons (Fsp3) is 0.278. The van der Waals surface area contributed by atoms with Crippen LogP contribution < -0.4 is 5.73 Å². The molecule has 0 bridgehead atoms. The molecule has 0 aliphatic carbocycles. The normalized spacial score (nSPS) is 11.0. The summed E-state index contributed by atoms with van der Waals surface area (Å²) in [6.07, 6.45) is 3.07. The van der Waals surface area contributed by atoms with Crippen molar-refractivity contribution in [3.05, 3.63) is 46.3 Å². The first-order valence-electron chi connectivity index (χ1n) is 7.53. The first-order chi connectivity index (χ1) is 10.7. The van der Waals surface area contributed by atoms with Gasteiger partial charge < -0.3 is 10.7 Å². The number of rotatable bonds is 5. The van der Waals surface area contributed by atoms with E-state index in [9.17, 15) is 0 Å². The van der Waals surface area contributed by atoms with Gasteiger partial charge in [0.2, 0.25) is 0 Å². The lowest BCUT2D eigenvalue weighted by Gasteiger charge is -2.03. The van der Waals surface area contributed by atoms with Crippen molar-refractivity contribution in [2.75, 3.05) is 6.54 Å². The summed E-state index contributed by atoms with van der Waals surface area (Å²) in [5, 5.41) is 12.5. The first-order valence-corrected chi connectivity index (χ1v) is 8.41. The highest BCUT2D eigenvalue weighted by Gasteiger charge is 2.14. The summed E-state index contributed by atoms with van der Waals surface area (Å²) in [5.74, 6) is 0. The zero-order valence-electron chi connectivity index (χ0n) is 12.6. The maximum Gasteiger partial charge on any atom is 0.0991 e. The van der Waals surface area contributed by atoms with E-state index < -0.39 is 0 Å². The summed E-state index contributed by atoms with van der Waals surface area (Å²) < 4.78 is 0. The number of hydrogen-bond donors (Lipinski definition) is 2. The molecule has 0 saturated heterocycles. The number of hydrogen-bond acceptors (Lipinski definition) is 3. The number of benzene rings is 1. The number of aryl methyl sites for hydroxylation is 2. The summed E-state index contributed by atoms with van der Waals surface area (Å²) >= 11 is 1.76. The van der Waals surface area contributed by atoms with Crippen LogP contribution in [-0.2, 0) is 6.42 Å². The van der Waals surface area contributed by atoms with Crippen LogP contribution in [0.5, 0.6) is 0 Å². The molecular formula is C18H19N3S. The topological polar surface area (TPSA) is 65.6 Å². The van der Waals surface area contributed by atoms with E-state index in [0.29, 0.717) is 5.56 Å². The van der Waals surface area contributed by atoms with Gasteiger partial charge in [0.15, 0.2) is 0 Å². The van der Waals surface area contributed by atoms with Crippen molar-refractivity contribution in [1.82, 2.24) is 4.98 Å². The minimum atomic E-state index is 0.709. The fourth-order valence-electron chi connectivity index (χ4n) is 2.80. The fourth-order valence-corrected chi connectivity index (χ4v) is 3.72. The summed E-state index contributed by atoms with van der Waals surface area (Å²) in [6, 6.07) is 10.3. The Morgan fingerprint density at radius 1 is 1.27 bits per heavy atom. The summed E-state index contributed by atoms with van der Waals surface area (Å²) in [6.45, 7) is 2.84. The molecule has 0 radical (unpaired) electrons. The summed E-state index contributed by atoms with van der Waals surface area (Å²) in [7, 11) is 0. The van der Waals surface area contributed by atoms with Crippen molar-refractivity contribution in [1.29, 1.82) is 5.26 Å². The molecule has 1 aromatic carbocycles. The van der Waals surface area contributed by atoms with Crippen LogP contribution in [0, 0.1) is 18.3 Å². The van der Waals surface area contributed by atoms with Gasteiger partial charge in [-0.1, -0.05) is 0 Å². The van der Waals surface area contributed by atoms with E-state index in [-0.39, 0.29) is 0 Å². The van der Waals surface area contributed by atoms with Crippen molar-refractivity contribution in [2.45, 2.75) is 26.2 Å². The summed E-state index contributed by atoms with van der Waals surface area (Å²) in [4.78, 5) is 4.80. The molecule has 112 valence electrons. The van der Waals surface area contributed by atoms with Gasteiger partial charge in [-0.25, -0.2) is 0 Å².